The van der Waals surface area contributed by atoms with Crippen LogP contribution in [-0.2, 0) is 14.3 Å². The topological polar surface area (TPSA) is 164 Å². The molecule has 1 aromatic rings. The Hall–Kier alpha value is -2.86. The van der Waals surface area contributed by atoms with Crippen molar-refractivity contribution in [1.82, 2.24) is 10.2 Å². The number of fused-ring (bicyclic) bond motifs is 4. The summed E-state index contributed by atoms with van der Waals surface area (Å²) in [5.74, 6) is -1.04. The van der Waals surface area contributed by atoms with Gasteiger partial charge in [0.05, 0.1) is 30.0 Å². The minimum Gasteiger partial charge on any atom is -0.465 e. The number of carbonyl (C=O) groups is 3. The Balaban J connectivity index is 0.000000567. The highest BCUT2D eigenvalue weighted by molar-refractivity contribution is 7.80. The molecule has 4 unspecified atom stereocenters. The fourth-order valence-electron chi connectivity index (χ4n) is 4.98. The smallest absolute Gasteiger partial charge is 0.402 e. The van der Waals surface area contributed by atoms with Crippen LogP contribution < -0.4 is 16.4 Å². The number of nitrogens with two attached hydrogens (primary N) is 1. The number of aliphatic hydroxyl groups is 1. The molecule has 1 aromatic carbocycles. The van der Waals surface area contributed by atoms with E-state index in [0.29, 0.717) is 29.1 Å². The lowest BCUT2D eigenvalue weighted by Crippen LogP contribution is -2.54. The van der Waals surface area contributed by atoms with Crippen LogP contribution >= 0.6 is 12.6 Å². The molecule has 10 nitrogen and oxygen atoms in total. The zero-order chi connectivity index (χ0) is 23.4. The van der Waals surface area contributed by atoms with Gasteiger partial charge < -0.3 is 36.2 Å². The third kappa shape index (κ3) is 3.20. The van der Waals surface area contributed by atoms with E-state index in [0.717, 1.165) is 4.90 Å². The molecule has 0 aromatic heterocycles. The van der Waals surface area contributed by atoms with Gasteiger partial charge in [-0.05, 0) is 31.2 Å². The number of Topliss-reactive ketones (excluding diaryl/α,β-unsaturated/α-hetero) is 2. The first-order chi connectivity index (χ1) is 15.2. The van der Waals surface area contributed by atoms with E-state index >= 15 is 0 Å². The van der Waals surface area contributed by atoms with E-state index in [9.17, 15) is 14.7 Å². The first-order valence-electron chi connectivity index (χ1n) is 9.95. The molecule has 5 rings (SSSR count). The number of carboxylic acid groups (broad SMARTS) is 1. The minimum atomic E-state index is -1.33. The van der Waals surface area contributed by atoms with Crippen LogP contribution in [0.4, 0.5) is 10.5 Å². The maximum atomic E-state index is 13.5. The molecule has 4 atom stereocenters. The van der Waals surface area contributed by atoms with Gasteiger partial charge in [-0.2, -0.15) is 0 Å². The molecular formula is C21H24N4O6S. The van der Waals surface area contributed by atoms with Crippen molar-refractivity contribution in [3.05, 3.63) is 46.8 Å². The molecule has 11 heteroatoms. The van der Waals surface area contributed by atoms with Crippen molar-refractivity contribution >= 4 is 36.0 Å². The molecular weight excluding hydrogens is 436 g/mol. The highest BCUT2D eigenvalue weighted by Crippen LogP contribution is 2.55. The number of ketones is 2. The minimum absolute atomic E-state index is 0.000460. The van der Waals surface area contributed by atoms with E-state index < -0.39 is 17.7 Å². The number of nitrogens with zero attached hydrogens (tertiary/aromatic N) is 1. The number of anilines is 1. The number of thiol groups is 1. The molecule has 1 amide bonds. The SMILES string of the molecule is COC12C(CO)C3=C(C(=O)C(C)=C(Nc4ccc(S)cc4)C3=O)N1CC1NC12.NC(=O)O. The lowest BCUT2D eigenvalue weighted by atomic mass is 9.82. The van der Waals surface area contributed by atoms with Gasteiger partial charge in [0.15, 0.2) is 5.72 Å². The Kier molecular flexibility index (Phi) is 5.53. The fraction of sp³-hybridized carbons (Fsp3) is 0.381. The Morgan fingerprint density at radius 1 is 1.34 bits per heavy atom. The average molecular weight is 461 g/mol. The molecule has 2 fully saturated rings. The maximum Gasteiger partial charge on any atom is 0.402 e. The molecule has 6 N–H and O–H groups in total. The largest absolute Gasteiger partial charge is 0.465 e. The van der Waals surface area contributed by atoms with Gasteiger partial charge in [-0.15, -0.1) is 12.6 Å². The Morgan fingerprint density at radius 3 is 2.53 bits per heavy atom. The van der Waals surface area contributed by atoms with Crippen LogP contribution in [0.2, 0.25) is 0 Å². The highest BCUT2D eigenvalue weighted by Gasteiger charge is 2.72. The van der Waals surface area contributed by atoms with Gasteiger partial charge in [0.2, 0.25) is 11.6 Å². The number of ether oxygens (including phenoxy) is 1. The number of primary amides is 1. The summed E-state index contributed by atoms with van der Waals surface area (Å²) in [5, 5.41) is 23.8. The second-order valence-electron chi connectivity index (χ2n) is 7.98. The number of carbonyl (C=O) groups excluding carboxylic acids is 2. The summed E-state index contributed by atoms with van der Waals surface area (Å²) in [4.78, 5) is 38.2. The zero-order valence-electron chi connectivity index (χ0n) is 17.5. The van der Waals surface area contributed by atoms with Crippen molar-refractivity contribution < 1.29 is 29.3 Å². The van der Waals surface area contributed by atoms with Gasteiger partial charge in [-0.25, -0.2) is 4.79 Å². The number of amides is 1. The summed E-state index contributed by atoms with van der Waals surface area (Å²) in [7, 11) is 1.57. The van der Waals surface area contributed by atoms with E-state index in [1.54, 1.807) is 26.2 Å². The van der Waals surface area contributed by atoms with Crippen LogP contribution in [0.1, 0.15) is 6.92 Å². The number of rotatable bonds is 4. The van der Waals surface area contributed by atoms with Crippen molar-refractivity contribution in [2.24, 2.45) is 11.7 Å². The van der Waals surface area contributed by atoms with Gasteiger partial charge in [0.1, 0.15) is 0 Å². The number of hydrogen-bond donors (Lipinski definition) is 6. The van der Waals surface area contributed by atoms with Crippen molar-refractivity contribution in [2.45, 2.75) is 29.6 Å². The Morgan fingerprint density at radius 2 is 1.97 bits per heavy atom. The van der Waals surface area contributed by atoms with Crippen molar-refractivity contribution in [2.75, 3.05) is 25.6 Å². The summed E-state index contributed by atoms with van der Waals surface area (Å²) < 4.78 is 5.88. The number of benzene rings is 1. The molecule has 4 aliphatic rings. The third-order valence-electron chi connectivity index (χ3n) is 6.35. The number of piperazine rings is 1. The predicted molar refractivity (Wildman–Crippen MR) is 117 cm³/mol. The monoisotopic (exact) mass is 460 g/mol. The summed E-state index contributed by atoms with van der Waals surface area (Å²) in [5.41, 5.74) is 5.19. The molecule has 0 saturated carbocycles. The van der Waals surface area contributed by atoms with Crippen molar-refractivity contribution in [1.29, 1.82) is 0 Å². The van der Waals surface area contributed by atoms with E-state index in [2.05, 4.69) is 29.0 Å². The highest BCUT2D eigenvalue weighted by atomic mass is 32.1. The average Bonchev–Trinajstić information content (AvgIpc) is 3.36. The van der Waals surface area contributed by atoms with Crippen LogP contribution in [0.3, 0.4) is 0 Å². The molecule has 3 heterocycles. The second-order valence-corrected chi connectivity index (χ2v) is 8.50. The Bertz CT molecular complexity index is 1060. The number of methoxy groups -OCH3 is 1. The van der Waals surface area contributed by atoms with Gasteiger partial charge in [-0.1, -0.05) is 0 Å². The number of hydrogen-bond acceptors (Lipinski definition) is 9. The first kappa shape index (κ1) is 22.3. The normalized spacial score (nSPS) is 29.9. The van der Waals surface area contributed by atoms with Crippen LogP contribution in [0.25, 0.3) is 0 Å². The maximum absolute atomic E-state index is 13.5. The molecule has 3 aliphatic heterocycles. The van der Waals surface area contributed by atoms with Crippen LogP contribution in [-0.4, -0.2) is 70.8 Å². The molecule has 2 saturated heterocycles. The molecule has 1 aliphatic carbocycles. The van der Waals surface area contributed by atoms with Gasteiger partial charge in [-0.3, -0.25) is 9.59 Å². The van der Waals surface area contributed by atoms with Crippen LogP contribution in [0.5, 0.6) is 0 Å². The van der Waals surface area contributed by atoms with E-state index in [1.807, 2.05) is 17.0 Å². The molecule has 0 bridgehead atoms. The van der Waals surface area contributed by atoms with E-state index in [-0.39, 0.29) is 36.0 Å². The van der Waals surface area contributed by atoms with Gasteiger partial charge >= 0.3 is 6.09 Å². The first-order valence-corrected chi connectivity index (χ1v) is 10.4. The summed E-state index contributed by atoms with van der Waals surface area (Å²) in [6, 6.07) is 7.44. The molecule has 0 spiro atoms. The summed E-state index contributed by atoms with van der Waals surface area (Å²) >= 11 is 4.27. The molecule has 170 valence electrons. The van der Waals surface area contributed by atoms with Gasteiger partial charge in [0.25, 0.3) is 0 Å². The third-order valence-corrected chi connectivity index (χ3v) is 6.65. The summed E-state index contributed by atoms with van der Waals surface area (Å²) in [6.45, 7) is 1.98. The van der Waals surface area contributed by atoms with E-state index in [1.165, 1.54) is 0 Å². The van der Waals surface area contributed by atoms with E-state index in [4.69, 9.17) is 14.6 Å². The lowest BCUT2D eigenvalue weighted by molar-refractivity contribution is -0.137. The van der Waals surface area contributed by atoms with Crippen molar-refractivity contribution in [3.8, 4) is 0 Å². The number of allylic oxidation sites excluding steroid dienone is 2. The Labute approximate surface area is 189 Å². The zero-order valence-corrected chi connectivity index (χ0v) is 18.3. The molecule has 32 heavy (non-hydrogen) atoms. The lowest BCUT2D eigenvalue weighted by Gasteiger charge is -2.39. The van der Waals surface area contributed by atoms with Crippen molar-refractivity contribution in [3.63, 3.8) is 0 Å². The standard InChI is InChI=1S/C20H21N3O4S.CH3NO2/c1-9-15(21-10-3-5-11(28)6-4-10)18(26)14-12(8-24)20(27-2)19-13(22-19)7-23(20)16(14)17(9)25;2-1(3)4/h3-6,12-13,19,21-22,24,28H,7-8H2,1-2H3;2H2,(H,3,4). The second kappa shape index (κ2) is 7.93. The number of aliphatic hydroxyl groups excluding tert-OH is 1. The van der Waals surface area contributed by atoms with Gasteiger partial charge in [0, 0.05) is 41.4 Å². The van der Waals surface area contributed by atoms with Crippen LogP contribution in [0.15, 0.2) is 51.7 Å². The predicted octanol–water partition coefficient (Wildman–Crippen LogP) is 0.311. The van der Waals surface area contributed by atoms with Crippen LogP contribution in [0, 0.1) is 5.92 Å². The fourth-order valence-corrected chi connectivity index (χ4v) is 5.13. The number of nitrogens with one attached hydrogen (secondary N) is 2. The summed E-state index contributed by atoms with van der Waals surface area (Å²) in [6.07, 6.45) is -1.33. The quantitative estimate of drug-likeness (QED) is 0.211. The molecule has 0 radical (unpaired) electrons.